The van der Waals surface area contributed by atoms with Crippen LogP contribution in [0.4, 0.5) is 5.69 Å². The van der Waals surface area contributed by atoms with Crippen LogP contribution in [0.2, 0.25) is 5.02 Å². The Kier molecular flexibility index (Phi) is 5.19. The molecule has 4 aliphatic rings. The molecule has 0 saturated heterocycles. The third kappa shape index (κ3) is 3.91. The fraction of sp³-hybridized carbons (Fsp3) is 0.652. The number of hydrogen-bond donors (Lipinski definition) is 2. The van der Waals surface area contributed by atoms with Crippen LogP contribution in [-0.4, -0.2) is 32.1 Å². The number of nitrogens with one attached hydrogen (secondary N) is 2. The first-order chi connectivity index (χ1) is 13.7. The van der Waals surface area contributed by atoms with Crippen LogP contribution in [0.1, 0.15) is 62.7 Å². The number of ether oxygens (including phenoxy) is 1. The predicted molar refractivity (Wildman–Crippen MR) is 114 cm³/mol. The summed E-state index contributed by atoms with van der Waals surface area (Å²) >= 11 is 6.34. The van der Waals surface area contributed by atoms with E-state index in [9.17, 15) is 9.59 Å². The predicted octanol–water partition coefficient (Wildman–Crippen LogP) is 4.65. The van der Waals surface area contributed by atoms with Crippen molar-refractivity contribution < 1.29 is 14.3 Å². The van der Waals surface area contributed by atoms with E-state index in [1.165, 1.54) is 19.3 Å². The Morgan fingerprint density at radius 1 is 1.14 bits per heavy atom. The molecule has 0 radical (unpaired) electrons. The number of rotatable bonds is 6. The molecule has 2 N–H and O–H groups in total. The van der Waals surface area contributed by atoms with Gasteiger partial charge in [-0.1, -0.05) is 25.4 Å². The quantitative estimate of drug-likeness (QED) is 0.660. The summed E-state index contributed by atoms with van der Waals surface area (Å²) < 4.78 is 4.94. The molecule has 0 aromatic heterocycles. The molecule has 0 spiro atoms. The number of carbonyl (C=O) groups excluding carboxylic acids is 2. The Balaban J connectivity index is 1.48. The van der Waals surface area contributed by atoms with Crippen LogP contribution >= 0.6 is 11.6 Å². The van der Waals surface area contributed by atoms with E-state index in [4.69, 9.17) is 16.3 Å². The van der Waals surface area contributed by atoms with Gasteiger partial charge in [-0.15, -0.1) is 0 Å². The van der Waals surface area contributed by atoms with E-state index in [0.717, 1.165) is 19.3 Å². The average molecular weight is 419 g/mol. The summed E-state index contributed by atoms with van der Waals surface area (Å²) in [5.74, 6) is 0.535. The molecule has 29 heavy (non-hydrogen) atoms. The molecule has 2 unspecified atom stereocenters. The fourth-order valence-electron chi connectivity index (χ4n) is 7.10. The summed E-state index contributed by atoms with van der Waals surface area (Å²) in [6, 6.07) is 5.11. The van der Waals surface area contributed by atoms with Gasteiger partial charge in [-0.2, -0.15) is 0 Å². The van der Waals surface area contributed by atoms with Crippen LogP contribution in [0, 0.1) is 22.2 Å². The van der Waals surface area contributed by atoms with Crippen molar-refractivity contribution in [2.75, 3.05) is 25.6 Å². The van der Waals surface area contributed by atoms with Crippen LogP contribution < -0.4 is 10.6 Å². The third-order valence-electron chi connectivity index (χ3n) is 7.17. The molecular weight excluding hydrogens is 388 g/mol. The maximum Gasteiger partial charge on any atom is 0.252 e. The summed E-state index contributed by atoms with van der Waals surface area (Å²) in [5, 5.41) is 6.22. The lowest BCUT2D eigenvalue weighted by Gasteiger charge is -2.64. The summed E-state index contributed by atoms with van der Waals surface area (Å²) in [4.78, 5) is 25.6. The number of anilines is 1. The molecule has 4 aliphatic carbocycles. The van der Waals surface area contributed by atoms with Gasteiger partial charge in [-0.05, 0) is 73.5 Å². The Bertz CT molecular complexity index is 821. The molecule has 2 amide bonds. The number of carbonyl (C=O) groups is 2. The number of hydrogen-bond acceptors (Lipinski definition) is 3. The zero-order valence-electron chi connectivity index (χ0n) is 17.6. The molecule has 5 nitrogen and oxygen atoms in total. The van der Waals surface area contributed by atoms with Gasteiger partial charge in [0.2, 0.25) is 5.91 Å². The van der Waals surface area contributed by atoms with Crippen molar-refractivity contribution in [3.8, 4) is 0 Å². The first kappa shape index (κ1) is 20.7. The number of halogens is 1. The summed E-state index contributed by atoms with van der Waals surface area (Å²) in [6.45, 7) is 5.60. The second-order valence-electron chi connectivity index (χ2n) is 10.3. The Labute approximate surface area is 177 Å². The Morgan fingerprint density at radius 2 is 1.83 bits per heavy atom. The van der Waals surface area contributed by atoms with Gasteiger partial charge in [0.25, 0.3) is 5.91 Å². The zero-order valence-corrected chi connectivity index (χ0v) is 18.3. The van der Waals surface area contributed by atoms with Crippen LogP contribution in [-0.2, 0) is 9.53 Å². The standard InChI is InChI=1S/C23H31ClN2O3/c1-21-9-15-10-22(2,12-21)14-23(11-15,13-21)20(28)26-16-4-5-17(18(24)8-16)19(27)25-6-7-29-3/h4-5,8,15H,6-7,9-14H2,1-3H3,(H,25,27)(H,26,28). The second-order valence-corrected chi connectivity index (χ2v) is 10.7. The van der Waals surface area contributed by atoms with Gasteiger partial charge in [0.05, 0.1) is 22.6 Å². The van der Waals surface area contributed by atoms with Gasteiger partial charge in [0, 0.05) is 19.3 Å². The minimum atomic E-state index is -0.272. The van der Waals surface area contributed by atoms with Crippen molar-refractivity contribution in [2.24, 2.45) is 22.2 Å². The van der Waals surface area contributed by atoms with Gasteiger partial charge in [-0.25, -0.2) is 0 Å². The van der Waals surface area contributed by atoms with Crippen molar-refractivity contribution in [3.05, 3.63) is 28.8 Å². The van der Waals surface area contributed by atoms with Crippen molar-refractivity contribution in [2.45, 2.75) is 52.4 Å². The van der Waals surface area contributed by atoms with Gasteiger partial charge >= 0.3 is 0 Å². The molecular formula is C23H31ClN2O3. The molecule has 6 heteroatoms. The minimum Gasteiger partial charge on any atom is -0.383 e. The highest BCUT2D eigenvalue weighted by Crippen LogP contribution is 2.69. The van der Waals surface area contributed by atoms with Crippen LogP contribution in [0.5, 0.6) is 0 Å². The van der Waals surface area contributed by atoms with Gasteiger partial charge in [0.1, 0.15) is 0 Å². The molecule has 4 bridgehead atoms. The summed E-state index contributed by atoms with van der Waals surface area (Å²) in [6.07, 6.45) is 6.71. The second kappa shape index (κ2) is 7.28. The van der Waals surface area contributed by atoms with Crippen molar-refractivity contribution in [1.29, 1.82) is 0 Å². The normalized spacial score (nSPS) is 34.8. The summed E-state index contributed by atoms with van der Waals surface area (Å²) in [7, 11) is 1.58. The van der Waals surface area contributed by atoms with E-state index >= 15 is 0 Å². The number of methoxy groups -OCH3 is 1. The highest BCUT2D eigenvalue weighted by Gasteiger charge is 2.62. The molecule has 1 aromatic carbocycles. The molecule has 5 rings (SSSR count). The number of benzene rings is 1. The average Bonchev–Trinajstić information content (AvgIpc) is 2.58. The first-order valence-corrected chi connectivity index (χ1v) is 10.9. The van der Waals surface area contributed by atoms with Crippen molar-refractivity contribution in [3.63, 3.8) is 0 Å². The van der Waals surface area contributed by atoms with Crippen molar-refractivity contribution in [1.82, 2.24) is 5.32 Å². The monoisotopic (exact) mass is 418 g/mol. The van der Waals surface area contributed by atoms with E-state index in [1.807, 2.05) is 0 Å². The smallest absolute Gasteiger partial charge is 0.252 e. The number of amides is 2. The molecule has 158 valence electrons. The van der Waals surface area contributed by atoms with Gasteiger partial charge in [-0.3, -0.25) is 9.59 Å². The van der Waals surface area contributed by atoms with Gasteiger partial charge in [0.15, 0.2) is 0 Å². The Morgan fingerprint density at radius 3 is 2.41 bits per heavy atom. The topological polar surface area (TPSA) is 67.4 Å². The molecule has 4 fully saturated rings. The lowest BCUT2D eigenvalue weighted by molar-refractivity contribution is -0.165. The maximum absolute atomic E-state index is 13.4. The van der Waals surface area contributed by atoms with Crippen LogP contribution in [0.3, 0.4) is 0 Å². The van der Waals surface area contributed by atoms with Crippen molar-refractivity contribution >= 4 is 29.1 Å². The molecule has 4 saturated carbocycles. The molecule has 0 heterocycles. The molecule has 1 aromatic rings. The summed E-state index contributed by atoms with van der Waals surface area (Å²) in [5.41, 5.74) is 1.35. The molecule has 2 atom stereocenters. The highest BCUT2D eigenvalue weighted by molar-refractivity contribution is 6.34. The first-order valence-electron chi connectivity index (χ1n) is 10.5. The largest absolute Gasteiger partial charge is 0.383 e. The van der Waals surface area contributed by atoms with E-state index in [-0.39, 0.29) is 28.1 Å². The SMILES string of the molecule is COCCNC(=O)c1ccc(NC(=O)C23CC4CC(C)(CC(C)(C4)C2)C3)cc1Cl. The highest BCUT2D eigenvalue weighted by atomic mass is 35.5. The third-order valence-corrected chi connectivity index (χ3v) is 7.48. The van der Waals surface area contributed by atoms with Crippen LogP contribution in [0.15, 0.2) is 18.2 Å². The van der Waals surface area contributed by atoms with Gasteiger partial charge < -0.3 is 15.4 Å². The Hall–Kier alpha value is -1.59. The molecule has 0 aliphatic heterocycles. The lowest BCUT2D eigenvalue weighted by atomic mass is 9.40. The maximum atomic E-state index is 13.4. The minimum absolute atomic E-state index is 0.118. The fourth-order valence-corrected chi connectivity index (χ4v) is 7.37. The van der Waals surface area contributed by atoms with E-state index in [2.05, 4.69) is 24.5 Å². The zero-order chi connectivity index (χ0) is 20.9. The van der Waals surface area contributed by atoms with E-state index in [0.29, 0.717) is 35.3 Å². The lowest BCUT2D eigenvalue weighted by Crippen LogP contribution is -2.58. The van der Waals surface area contributed by atoms with E-state index in [1.54, 1.807) is 25.3 Å². The van der Waals surface area contributed by atoms with Crippen LogP contribution in [0.25, 0.3) is 0 Å². The van der Waals surface area contributed by atoms with E-state index < -0.39 is 0 Å².